The van der Waals surface area contributed by atoms with Crippen LogP contribution in [0.25, 0.3) is 0 Å². The molecule has 0 bridgehead atoms. The average molecular weight is 349 g/mol. The number of rotatable bonds is 6. The number of benzene rings is 1. The summed E-state index contributed by atoms with van der Waals surface area (Å²) in [6, 6.07) is 5.30. The van der Waals surface area contributed by atoms with Crippen molar-refractivity contribution in [3.05, 3.63) is 47.1 Å². The Balaban J connectivity index is 1.74. The summed E-state index contributed by atoms with van der Waals surface area (Å²) in [5, 5.41) is 3.82. The van der Waals surface area contributed by atoms with Gasteiger partial charge in [-0.1, -0.05) is 5.16 Å². The van der Waals surface area contributed by atoms with Crippen LogP contribution in [0.4, 0.5) is 4.39 Å². The Morgan fingerprint density at radius 3 is 2.52 bits per heavy atom. The van der Waals surface area contributed by atoms with E-state index >= 15 is 0 Å². The first-order chi connectivity index (χ1) is 11.9. The number of hydrogen-bond acceptors (Lipinski definition) is 5. The fourth-order valence-electron chi connectivity index (χ4n) is 2.16. The van der Waals surface area contributed by atoms with Crippen LogP contribution in [0.5, 0.6) is 5.75 Å². The molecule has 2 N–H and O–H groups in total. The lowest BCUT2D eigenvalue weighted by atomic mass is 10.1. The maximum atomic E-state index is 12.8. The van der Waals surface area contributed by atoms with Crippen LogP contribution in [0.15, 0.2) is 28.8 Å². The van der Waals surface area contributed by atoms with Gasteiger partial charge >= 0.3 is 0 Å². The minimum Gasteiger partial charge on any atom is -0.481 e. The molecule has 1 aromatic carbocycles. The highest BCUT2D eigenvalue weighted by Crippen LogP contribution is 2.14. The summed E-state index contributed by atoms with van der Waals surface area (Å²) in [5.41, 5.74) is 6.26. The second-order valence-corrected chi connectivity index (χ2v) is 5.55. The first-order valence-corrected chi connectivity index (χ1v) is 7.79. The summed E-state index contributed by atoms with van der Waals surface area (Å²) in [6.45, 7) is 5.11. The van der Waals surface area contributed by atoms with E-state index in [0.29, 0.717) is 17.9 Å². The molecule has 0 radical (unpaired) electrons. The van der Waals surface area contributed by atoms with Crippen molar-refractivity contribution in [2.24, 2.45) is 0 Å². The number of amides is 2. The second-order valence-electron chi connectivity index (χ2n) is 5.55. The first-order valence-electron chi connectivity index (χ1n) is 7.79. The first kappa shape index (κ1) is 18.4. The van der Waals surface area contributed by atoms with Crippen molar-refractivity contribution in [1.29, 1.82) is 0 Å². The van der Waals surface area contributed by atoms with E-state index in [1.165, 1.54) is 31.2 Å². The molecule has 0 aliphatic carbocycles. The van der Waals surface area contributed by atoms with Crippen LogP contribution >= 0.6 is 0 Å². The Bertz CT molecular complexity index is 723. The Morgan fingerprint density at radius 2 is 1.92 bits per heavy atom. The van der Waals surface area contributed by atoms with Crippen molar-refractivity contribution in [2.45, 2.75) is 39.7 Å². The lowest BCUT2D eigenvalue weighted by molar-refractivity contribution is -0.132. The highest BCUT2D eigenvalue weighted by molar-refractivity contribution is 5.84. The molecule has 1 atom stereocenters. The van der Waals surface area contributed by atoms with Gasteiger partial charge in [-0.3, -0.25) is 20.4 Å². The zero-order valence-corrected chi connectivity index (χ0v) is 14.3. The maximum Gasteiger partial charge on any atom is 0.279 e. The van der Waals surface area contributed by atoms with Crippen molar-refractivity contribution in [3.63, 3.8) is 0 Å². The highest BCUT2D eigenvalue weighted by atomic mass is 19.1. The fourth-order valence-corrected chi connectivity index (χ4v) is 2.16. The number of aryl methyl sites for hydroxylation is 2. The zero-order chi connectivity index (χ0) is 18.4. The number of halogens is 1. The highest BCUT2D eigenvalue weighted by Gasteiger charge is 2.16. The van der Waals surface area contributed by atoms with Crippen LogP contribution in [-0.2, 0) is 16.0 Å². The third-order valence-electron chi connectivity index (χ3n) is 3.60. The average Bonchev–Trinajstić information content (AvgIpc) is 2.91. The Hall–Kier alpha value is -2.90. The molecule has 0 unspecified atom stereocenters. The minimum absolute atomic E-state index is 0.177. The maximum absolute atomic E-state index is 12.8. The predicted octanol–water partition coefficient (Wildman–Crippen LogP) is 1.98. The molecule has 2 aromatic rings. The van der Waals surface area contributed by atoms with Gasteiger partial charge in [-0.15, -0.1) is 0 Å². The normalized spacial score (nSPS) is 11.7. The van der Waals surface area contributed by atoms with Crippen molar-refractivity contribution >= 4 is 11.8 Å². The molecule has 0 aliphatic heterocycles. The van der Waals surface area contributed by atoms with Gasteiger partial charge in [-0.2, -0.15) is 0 Å². The van der Waals surface area contributed by atoms with E-state index in [1.807, 2.05) is 0 Å². The summed E-state index contributed by atoms with van der Waals surface area (Å²) in [5.74, 6) is -0.225. The lowest BCUT2D eigenvalue weighted by Gasteiger charge is -2.15. The van der Waals surface area contributed by atoms with E-state index in [9.17, 15) is 14.0 Å². The number of hydrazine groups is 1. The van der Waals surface area contributed by atoms with E-state index < -0.39 is 17.8 Å². The summed E-state index contributed by atoms with van der Waals surface area (Å²) in [4.78, 5) is 23.7. The number of ether oxygens (including phenoxy) is 1. The van der Waals surface area contributed by atoms with E-state index in [-0.39, 0.29) is 12.3 Å². The van der Waals surface area contributed by atoms with Gasteiger partial charge in [-0.25, -0.2) is 4.39 Å². The standard InChI is InChI=1S/C17H20FN3O4/c1-10-15(11(2)25-21-10)8-9-16(22)19-20-17(23)12(3)24-14-6-4-13(18)5-7-14/h4-7,12H,8-9H2,1-3H3,(H,19,22)(H,20,23)/t12-/m1/s1. The number of nitrogens with zero attached hydrogens (tertiary/aromatic N) is 1. The topological polar surface area (TPSA) is 93.5 Å². The van der Waals surface area contributed by atoms with Crippen LogP contribution in [0.3, 0.4) is 0 Å². The van der Waals surface area contributed by atoms with Crippen LogP contribution in [-0.4, -0.2) is 23.1 Å². The zero-order valence-electron chi connectivity index (χ0n) is 14.3. The molecule has 0 spiro atoms. The molecule has 0 fully saturated rings. The number of carbonyl (C=O) groups is 2. The fraction of sp³-hybridized carbons (Fsp3) is 0.353. The molecule has 2 amide bonds. The number of carbonyl (C=O) groups excluding carboxylic acids is 2. The van der Waals surface area contributed by atoms with E-state index in [4.69, 9.17) is 9.26 Å². The Labute approximate surface area is 144 Å². The van der Waals surface area contributed by atoms with Crippen molar-refractivity contribution in [2.75, 3.05) is 0 Å². The minimum atomic E-state index is -0.853. The molecular weight excluding hydrogens is 329 g/mol. The van der Waals surface area contributed by atoms with E-state index in [0.717, 1.165) is 11.3 Å². The predicted molar refractivity (Wildman–Crippen MR) is 87.1 cm³/mol. The molecule has 0 aliphatic rings. The smallest absolute Gasteiger partial charge is 0.279 e. The molecule has 1 aromatic heterocycles. The van der Waals surface area contributed by atoms with E-state index in [1.54, 1.807) is 13.8 Å². The van der Waals surface area contributed by atoms with Gasteiger partial charge in [0.1, 0.15) is 17.3 Å². The molecule has 7 nitrogen and oxygen atoms in total. The van der Waals surface area contributed by atoms with Gasteiger partial charge < -0.3 is 9.26 Å². The molecule has 0 saturated carbocycles. The summed E-state index contributed by atoms with van der Waals surface area (Å²) >= 11 is 0. The molecule has 2 rings (SSSR count). The molecule has 25 heavy (non-hydrogen) atoms. The van der Waals surface area contributed by atoms with Crippen molar-refractivity contribution in [1.82, 2.24) is 16.0 Å². The SMILES string of the molecule is Cc1noc(C)c1CCC(=O)NNC(=O)[C@@H](C)Oc1ccc(F)cc1. The summed E-state index contributed by atoms with van der Waals surface area (Å²) in [7, 11) is 0. The third kappa shape index (κ3) is 5.30. The van der Waals surface area contributed by atoms with Gasteiger partial charge in [0.25, 0.3) is 5.91 Å². The van der Waals surface area contributed by atoms with Crippen LogP contribution in [0, 0.1) is 19.7 Å². The largest absolute Gasteiger partial charge is 0.481 e. The summed E-state index contributed by atoms with van der Waals surface area (Å²) < 4.78 is 23.2. The van der Waals surface area contributed by atoms with Gasteiger partial charge in [0.2, 0.25) is 5.91 Å². The molecule has 1 heterocycles. The Morgan fingerprint density at radius 1 is 1.24 bits per heavy atom. The van der Waals surface area contributed by atoms with Crippen molar-refractivity contribution < 1.29 is 23.2 Å². The van der Waals surface area contributed by atoms with Gasteiger partial charge in [0.05, 0.1) is 5.69 Å². The molecule has 8 heteroatoms. The molecule has 0 saturated heterocycles. The number of hydrogen-bond donors (Lipinski definition) is 2. The third-order valence-corrected chi connectivity index (χ3v) is 3.60. The van der Waals surface area contributed by atoms with Crippen LogP contribution in [0.2, 0.25) is 0 Å². The van der Waals surface area contributed by atoms with Gasteiger partial charge in [0, 0.05) is 12.0 Å². The summed E-state index contributed by atoms with van der Waals surface area (Å²) in [6.07, 6.45) is -0.214. The lowest BCUT2D eigenvalue weighted by Crippen LogP contribution is -2.47. The van der Waals surface area contributed by atoms with Gasteiger partial charge in [0.15, 0.2) is 6.10 Å². The van der Waals surface area contributed by atoms with E-state index in [2.05, 4.69) is 16.0 Å². The Kier molecular flexibility index (Phi) is 6.10. The number of nitrogens with one attached hydrogen (secondary N) is 2. The second kappa shape index (κ2) is 8.27. The molecular formula is C17H20FN3O4. The van der Waals surface area contributed by atoms with Crippen molar-refractivity contribution in [3.8, 4) is 5.75 Å². The van der Waals surface area contributed by atoms with Crippen LogP contribution < -0.4 is 15.6 Å². The monoisotopic (exact) mass is 349 g/mol. The quantitative estimate of drug-likeness (QED) is 0.778. The molecule has 134 valence electrons. The van der Waals surface area contributed by atoms with Crippen LogP contribution in [0.1, 0.15) is 30.4 Å². The number of aromatic nitrogens is 1. The van der Waals surface area contributed by atoms with Gasteiger partial charge in [-0.05, 0) is 51.5 Å².